The Morgan fingerprint density at radius 2 is 1.50 bits per heavy atom. The Bertz CT molecular complexity index is 607. The molecule has 6 heteroatoms. The third kappa shape index (κ3) is 3.49. The molecule has 2 unspecified atom stereocenters. The maximum absolute atomic E-state index is 5.84. The van der Waals surface area contributed by atoms with Crippen LogP contribution in [0.1, 0.15) is 11.1 Å². The molecule has 2 aliphatic rings. The van der Waals surface area contributed by atoms with Gasteiger partial charge in [0.2, 0.25) is 0 Å². The van der Waals surface area contributed by atoms with Gasteiger partial charge in [0.25, 0.3) is 0 Å². The molecule has 0 radical (unpaired) electrons. The van der Waals surface area contributed by atoms with Gasteiger partial charge in [0.05, 0.1) is 0 Å². The van der Waals surface area contributed by atoms with Crippen molar-refractivity contribution in [1.82, 2.24) is 0 Å². The van der Waals surface area contributed by atoms with Crippen molar-refractivity contribution in [1.29, 1.82) is 0 Å². The van der Waals surface area contributed by atoms with E-state index < -0.39 is 0 Å². The summed E-state index contributed by atoms with van der Waals surface area (Å²) in [6, 6.07) is 8.45. The van der Waals surface area contributed by atoms with Crippen LogP contribution < -0.4 is 9.47 Å². The van der Waals surface area contributed by atoms with Crippen LogP contribution in [0, 0.1) is 13.8 Å². The van der Waals surface area contributed by atoms with E-state index in [2.05, 4.69) is 87.5 Å². The summed E-state index contributed by atoms with van der Waals surface area (Å²) in [5.74, 6) is 1.97. The van der Waals surface area contributed by atoms with Crippen molar-refractivity contribution in [3.05, 3.63) is 49.2 Å². The number of fused-ring (bicyclic) bond motifs is 5. The third-order valence-electron chi connectivity index (χ3n) is 3.76. The number of halogens is 2. The molecule has 0 aliphatic carbocycles. The van der Waals surface area contributed by atoms with Crippen molar-refractivity contribution in [2.24, 2.45) is 0 Å². The van der Waals surface area contributed by atoms with Crippen LogP contribution in [0.4, 0.5) is 0 Å². The van der Waals surface area contributed by atoms with E-state index in [1.165, 1.54) is 21.9 Å². The molecule has 0 amide bonds. The molecule has 0 aromatic heterocycles. The van der Waals surface area contributed by atoms with Crippen LogP contribution in [0.2, 0.25) is 0 Å². The third-order valence-corrected chi connectivity index (χ3v) is 3.76. The van der Waals surface area contributed by atoms with Gasteiger partial charge in [0.15, 0.2) is 0 Å². The van der Waals surface area contributed by atoms with E-state index in [9.17, 15) is 0 Å². The first-order chi connectivity index (χ1) is 10.7. The average molecular weight is 522 g/mol. The van der Waals surface area contributed by atoms with Gasteiger partial charge in [0, 0.05) is 10.9 Å². The van der Waals surface area contributed by atoms with Crippen LogP contribution in [0.15, 0.2) is 24.3 Å². The van der Waals surface area contributed by atoms with Gasteiger partial charge < -0.3 is 23.3 Å². The Balaban J connectivity index is 0.000000410. The van der Waals surface area contributed by atoms with E-state index in [1.54, 1.807) is 0 Å². The van der Waals surface area contributed by atoms with E-state index in [1.807, 2.05) is 6.07 Å². The Morgan fingerprint density at radius 1 is 0.864 bits per heavy atom. The summed E-state index contributed by atoms with van der Waals surface area (Å²) in [4.78, 5) is 0. The quantitative estimate of drug-likeness (QED) is 0.376. The van der Waals surface area contributed by atoms with E-state index in [4.69, 9.17) is 9.47 Å². The number of rotatable bonds is 0. The SMILES string of the molecule is [CH2-]C1Cc2c(ccc3c4c(ccc23)CC([CH2-])O4)O1.[Cl][Pd+].[Cl][Pd+]. The molecule has 4 rings (SSSR count). The summed E-state index contributed by atoms with van der Waals surface area (Å²) in [7, 11) is 8.98. The zero-order chi connectivity index (χ0) is 16.3. The Kier molecular flexibility index (Phi) is 7.03. The first-order valence-electron chi connectivity index (χ1n) is 6.53. The molecule has 0 fully saturated rings. The van der Waals surface area contributed by atoms with Crippen molar-refractivity contribution in [2.75, 3.05) is 0 Å². The second kappa shape index (κ2) is 8.35. The Hall–Kier alpha value is 0.205. The fourth-order valence-corrected chi connectivity index (χ4v) is 2.99. The molecular weight excluding hydrogens is 508 g/mol. The van der Waals surface area contributed by atoms with Gasteiger partial charge in [0.1, 0.15) is 11.5 Å². The standard InChI is InChI=1S/C16H14O2.2ClH.2Pd/c1-9-7-11-3-4-12-13(16(11)18-9)5-6-15-14(12)8-10(2)17-15;;;;/h3-6,9-10H,1-2,7-8H2;2*1H;;/q-2;;;2*+2/p-2. The molecule has 22 heavy (non-hydrogen) atoms. The predicted molar refractivity (Wildman–Crippen MR) is 82.6 cm³/mol. The van der Waals surface area contributed by atoms with Gasteiger partial charge in [-0.3, -0.25) is 0 Å². The summed E-state index contributed by atoms with van der Waals surface area (Å²) in [6.45, 7) is 7.97. The maximum atomic E-state index is 5.84. The van der Waals surface area contributed by atoms with Crippen LogP contribution in [-0.4, -0.2) is 12.2 Å². The van der Waals surface area contributed by atoms with Crippen molar-refractivity contribution in [2.45, 2.75) is 25.0 Å². The van der Waals surface area contributed by atoms with Crippen molar-refractivity contribution in [3.63, 3.8) is 0 Å². The van der Waals surface area contributed by atoms with Crippen LogP contribution in [0.5, 0.6) is 11.5 Å². The Labute approximate surface area is 160 Å². The van der Waals surface area contributed by atoms with Gasteiger partial charge in [-0.1, -0.05) is 12.1 Å². The van der Waals surface area contributed by atoms with Gasteiger partial charge in [-0.2, -0.15) is 0 Å². The molecule has 2 aliphatic heterocycles. The number of benzene rings is 2. The first kappa shape index (κ1) is 18.5. The van der Waals surface area contributed by atoms with Crippen molar-refractivity contribution < 1.29 is 45.8 Å². The molecule has 0 spiro atoms. The first-order valence-corrected chi connectivity index (χ1v) is 10.5. The molecule has 2 aromatic rings. The summed E-state index contributed by atoms with van der Waals surface area (Å²) in [5.41, 5.74) is 2.51. The van der Waals surface area contributed by atoms with Crippen LogP contribution in [0.3, 0.4) is 0 Å². The Morgan fingerprint density at radius 3 is 2.23 bits per heavy atom. The fourth-order valence-electron chi connectivity index (χ4n) is 2.99. The monoisotopic (exact) mass is 520 g/mol. The van der Waals surface area contributed by atoms with Gasteiger partial charge in [-0.25, -0.2) is 0 Å². The van der Waals surface area contributed by atoms with Crippen molar-refractivity contribution >= 4 is 29.8 Å². The molecule has 0 bridgehead atoms. The van der Waals surface area contributed by atoms with E-state index in [0.29, 0.717) is 0 Å². The second-order valence-corrected chi connectivity index (χ2v) is 5.08. The predicted octanol–water partition coefficient (Wildman–Crippen LogP) is 4.49. The number of hydrogen-bond donors (Lipinski definition) is 0. The summed E-state index contributed by atoms with van der Waals surface area (Å²) >= 11 is 4.44. The van der Waals surface area contributed by atoms with Gasteiger partial charge in [-0.05, 0) is 48.1 Å². The zero-order valence-corrected chi connectivity index (χ0v) is 16.1. The fraction of sp³-hybridized carbons (Fsp3) is 0.250. The normalized spacial score (nSPS) is 20.7. The summed E-state index contributed by atoms with van der Waals surface area (Å²) < 4.78 is 11.5. The molecule has 124 valence electrons. The molecule has 2 aromatic carbocycles. The number of hydrogen-bond acceptors (Lipinski definition) is 2. The van der Waals surface area contributed by atoms with E-state index >= 15 is 0 Å². The molecule has 0 saturated carbocycles. The van der Waals surface area contributed by atoms with Gasteiger partial charge in [-0.15, -0.1) is 0 Å². The zero-order valence-electron chi connectivity index (χ0n) is 11.5. The molecule has 0 N–H and O–H groups in total. The van der Waals surface area contributed by atoms with E-state index in [-0.39, 0.29) is 12.2 Å². The molecule has 2 nitrogen and oxygen atoms in total. The van der Waals surface area contributed by atoms with Crippen LogP contribution >= 0.6 is 19.1 Å². The van der Waals surface area contributed by atoms with Crippen LogP contribution in [0.25, 0.3) is 10.8 Å². The molecule has 0 saturated heterocycles. The summed E-state index contributed by atoms with van der Waals surface area (Å²) in [5, 5.41) is 2.40. The summed E-state index contributed by atoms with van der Waals surface area (Å²) in [6.07, 6.45) is 1.84. The second-order valence-electron chi connectivity index (χ2n) is 5.08. The molecule has 2 heterocycles. The van der Waals surface area contributed by atoms with Crippen molar-refractivity contribution in [3.8, 4) is 11.5 Å². The molecule has 2 atom stereocenters. The topological polar surface area (TPSA) is 18.5 Å². The van der Waals surface area contributed by atoms with Gasteiger partial charge >= 0.3 is 55.4 Å². The minimum atomic E-state index is 0.0281. The molecular formula is C16H14Cl2O2Pd2. The minimum absolute atomic E-state index is 0.0281. The van der Waals surface area contributed by atoms with E-state index in [0.717, 1.165) is 24.3 Å². The average Bonchev–Trinajstić information content (AvgIpc) is 3.11. The van der Waals surface area contributed by atoms with Crippen LogP contribution in [-0.2, 0) is 49.2 Å². The number of ether oxygens (including phenoxy) is 2.